The second kappa shape index (κ2) is 6.38. The summed E-state index contributed by atoms with van der Waals surface area (Å²) in [7, 11) is 0. The van der Waals surface area contributed by atoms with Crippen molar-refractivity contribution in [3.63, 3.8) is 0 Å². The van der Waals surface area contributed by atoms with Gasteiger partial charge in [-0.25, -0.2) is 4.98 Å². The molecule has 4 nitrogen and oxygen atoms in total. The van der Waals surface area contributed by atoms with E-state index in [4.69, 9.17) is 4.42 Å². The lowest BCUT2D eigenvalue weighted by Crippen LogP contribution is -2.28. The van der Waals surface area contributed by atoms with Crippen molar-refractivity contribution in [3.8, 4) is 11.5 Å². The Kier molecular flexibility index (Phi) is 4.14. The maximum atomic E-state index is 13.1. The number of amides is 1. The van der Waals surface area contributed by atoms with Crippen LogP contribution in [0.25, 0.3) is 11.5 Å². The molecule has 3 aromatic rings. The van der Waals surface area contributed by atoms with Crippen molar-refractivity contribution in [2.24, 2.45) is 0 Å². The molecule has 1 N–H and O–H groups in total. The van der Waals surface area contributed by atoms with Crippen molar-refractivity contribution >= 4 is 11.6 Å². The molecular formula is C23H24N2O2. The lowest BCUT2D eigenvalue weighted by Gasteiger charge is -2.17. The van der Waals surface area contributed by atoms with Gasteiger partial charge in [-0.05, 0) is 64.3 Å². The van der Waals surface area contributed by atoms with Gasteiger partial charge >= 0.3 is 0 Å². The van der Waals surface area contributed by atoms with Gasteiger partial charge in [-0.3, -0.25) is 4.79 Å². The number of aromatic nitrogens is 1. The first kappa shape index (κ1) is 17.5. The minimum Gasteiger partial charge on any atom is -0.441 e. The summed E-state index contributed by atoms with van der Waals surface area (Å²) >= 11 is 0. The fourth-order valence-corrected chi connectivity index (χ4v) is 3.60. The Morgan fingerprint density at radius 2 is 1.74 bits per heavy atom. The van der Waals surface area contributed by atoms with Crippen LogP contribution in [-0.4, -0.2) is 10.9 Å². The molecule has 0 aliphatic heterocycles. The van der Waals surface area contributed by atoms with E-state index in [2.05, 4.69) is 42.3 Å². The number of hydrogen-bond acceptors (Lipinski definition) is 3. The fourth-order valence-electron chi connectivity index (χ4n) is 3.60. The van der Waals surface area contributed by atoms with Crippen LogP contribution in [0.5, 0.6) is 0 Å². The van der Waals surface area contributed by atoms with Crippen molar-refractivity contribution in [2.75, 3.05) is 5.32 Å². The van der Waals surface area contributed by atoms with Crippen LogP contribution in [0, 0.1) is 27.7 Å². The van der Waals surface area contributed by atoms with E-state index in [0.717, 1.165) is 41.1 Å². The Labute approximate surface area is 159 Å². The number of anilines is 1. The second-order valence-electron chi connectivity index (χ2n) is 7.65. The van der Waals surface area contributed by atoms with Crippen LogP contribution < -0.4 is 5.32 Å². The van der Waals surface area contributed by atoms with Gasteiger partial charge in [0.25, 0.3) is 0 Å². The lowest BCUT2D eigenvalue weighted by molar-refractivity contribution is -0.118. The summed E-state index contributed by atoms with van der Waals surface area (Å²) in [6.07, 6.45) is 1.78. The molecule has 1 aromatic heterocycles. The minimum atomic E-state index is -0.400. The molecule has 0 saturated heterocycles. The van der Waals surface area contributed by atoms with E-state index >= 15 is 0 Å². The SMILES string of the molecule is Cc1cc(C)cc(C2(C(=O)Nc3cccc(-c4nc(C)c(C)o4)c3)CC2)c1. The van der Waals surface area contributed by atoms with Gasteiger partial charge in [0, 0.05) is 11.3 Å². The van der Waals surface area contributed by atoms with E-state index in [1.54, 1.807) is 0 Å². The molecule has 1 fully saturated rings. The van der Waals surface area contributed by atoms with Gasteiger partial charge in [-0.15, -0.1) is 0 Å². The third-order valence-corrected chi connectivity index (χ3v) is 5.35. The standard InChI is InChI=1S/C23H24N2O2/c1-14-10-15(2)12-19(11-14)23(8-9-23)22(26)25-20-7-5-6-18(13-20)21-24-16(3)17(4)27-21/h5-7,10-13H,8-9H2,1-4H3,(H,25,26). The van der Waals surface area contributed by atoms with Gasteiger partial charge in [0.15, 0.2) is 0 Å². The normalized spacial score (nSPS) is 14.8. The van der Waals surface area contributed by atoms with E-state index < -0.39 is 5.41 Å². The number of oxazole rings is 1. The number of nitrogens with one attached hydrogen (secondary N) is 1. The highest BCUT2D eigenvalue weighted by Crippen LogP contribution is 2.49. The van der Waals surface area contributed by atoms with Crippen molar-refractivity contribution in [1.29, 1.82) is 0 Å². The maximum absolute atomic E-state index is 13.1. The molecule has 1 saturated carbocycles. The van der Waals surface area contributed by atoms with Gasteiger partial charge in [0.2, 0.25) is 11.8 Å². The first-order chi connectivity index (χ1) is 12.9. The van der Waals surface area contributed by atoms with Crippen LogP contribution in [0.1, 0.15) is 41.0 Å². The van der Waals surface area contributed by atoms with Crippen LogP contribution in [0.3, 0.4) is 0 Å². The molecule has 2 aromatic carbocycles. The summed E-state index contributed by atoms with van der Waals surface area (Å²) in [5.41, 5.74) is 5.62. The second-order valence-corrected chi connectivity index (χ2v) is 7.65. The van der Waals surface area contributed by atoms with E-state index in [9.17, 15) is 4.79 Å². The van der Waals surface area contributed by atoms with Gasteiger partial charge in [-0.1, -0.05) is 35.4 Å². The topological polar surface area (TPSA) is 55.1 Å². The summed E-state index contributed by atoms with van der Waals surface area (Å²) in [6.45, 7) is 7.98. The molecule has 138 valence electrons. The van der Waals surface area contributed by atoms with Gasteiger partial charge < -0.3 is 9.73 Å². The van der Waals surface area contributed by atoms with E-state index in [1.165, 1.54) is 11.1 Å². The largest absolute Gasteiger partial charge is 0.441 e. The molecule has 1 heterocycles. The minimum absolute atomic E-state index is 0.0596. The Hall–Kier alpha value is -2.88. The Balaban J connectivity index is 1.59. The molecule has 1 aliphatic rings. The molecular weight excluding hydrogens is 336 g/mol. The number of hydrogen-bond donors (Lipinski definition) is 1. The summed E-state index contributed by atoms with van der Waals surface area (Å²) < 4.78 is 5.71. The van der Waals surface area contributed by atoms with Crippen LogP contribution in [0.2, 0.25) is 0 Å². The van der Waals surface area contributed by atoms with Gasteiger partial charge in [0.1, 0.15) is 5.76 Å². The molecule has 0 spiro atoms. The zero-order valence-corrected chi connectivity index (χ0v) is 16.2. The lowest BCUT2D eigenvalue weighted by atomic mass is 9.92. The van der Waals surface area contributed by atoms with Crippen molar-refractivity contribution in [3.05, 3.63) is 70.6 Å². The average Bonchev–Trinajstić information content (AvgIpc) is 3.36. The quantitative estimate of drug-likeness (QED) is 0.692. The predicted octanol–water partition coefficient (Wildman–Crippen LogP) is 5.25. The molecule has 0 bridgehead atoms. The average molecular weight is 360 g/mol. The van der Waals surface area contributed by atoms with Crippen LogP contribution in [-0.2, 0) is 10.2 Å². The molecule has 1 aliphatic carbocycles. The van der Waals surface area contributed by atoms with Crippen LogP contribution >= 0.6 is 0 Å². The van der Waals surface area contributed by atoms with Crippen molar-refractivity contribution in [2.45, 2.75) is 46.0 Å². The Morgan fingerprint density at radius 1 is 1.04 bits per heavy atom. The summed E-state index contributed by atoms with van der Waals surface area (Å²) in [4.78, 5) is 17.5. The van der Waals surface area contributed by atoms with Crippen molar-refractivity contribution in [1.82, 2.24) is 4.98 Å². The molecule has 0 unspecified atom stereocenters. The predicted molar refractivity (Wildman–Crippen MR) is 107 cm³/mol. The Morgan fingerprint density at radius 3 is 2.33 bits per heavy atom. The zero-order chi connectivity index (χ0) is 19.2. The number of benzene rings is 2. The number of nitrogens with zero attached hydrogens (tertiary/aromatic N) is 1. The molecule has 0 atom stereocenters. The first-order valence-electron chi connectivity index (χ1n) is 9.32. The Bertz CT molecular complexity index is 989. The highest BCUT2D eigenvalue weighted by atomic mass is 16.4. The molecule has 4 heteroatoms. The molecule has 27 heavy (non-hydrogen) atoms. The smallest absolute Gasteiger partial charge is 0.235 e. The number of aryl methyl sites for hydroxylation is 4. The summed E-state index contributed by atoms with van der Waals surface area (Å²) in [6, 6.07) is 14.1. The zero-order valence-electron chi connectivity index (χ0n) is 16.2. The monoisotopic (exact) mass is 360 g/mol. The summed E-state index contributed by atoms with van der Waals surface area (Å²) in [5.74, 6) is 1.45. The van der Waals surface area contributed by atoms with E-state index in [0.29, 0.717) is 5.89 Å². The van der Waals surface area contributed by atoms with E-state index in [-0.39, 0.29) is 5.91 Å². The van der Waals surface area contributed by atoms with Gasteiger partial charge in [-0.2, -0.15) is 0 Å². The number of carbonyl (C=O) groups excluding carboxylic acids is 1. The first-order valence-corrected chi connectivity index (χ1v) is 9.32. The van der Waals surface area contributed by atoms with Gasteiger partial charge in [0.05, 0.1) is 11.1 Å². The molecule has 0 radical (unpaired) electrons. The van der Waals surface area contributed by atoms with Crippen molar-refractivity contribution < 1.29 is 9.21 Å². The number of rotatable bonds is 4. The maximum Gasteiger partial charge on any atom is 0.235 e. The third kappa shape index (κ3) is 3.27. The van der Waals surface area contributed by atoms with Crippen LogP contribution in [0.15, 0.2) is 46.9 Å². The molecule has 4 rings (SSSR count). The fraction of sp³-hybridized carbons (Fsp3) is 0.304. The third-order valence-electron chi connectivity index (χ3n) is 5.35. The highest BCUT2D eigenvalue weighted by Gasteiger charge is 2.51. The highest BCUT2D eigenvalue weighted by molar-refractivity contribution is 6.01. The van der Waals surface area contributed by atoms with Crippen LogP contribution in [0.4, 0.5) is 5.69 Å². The molecule has 1 amide bonds. The number of carbonyl (C=O) groups is 1. The summed E-state index contributed by atoms with van der Waals surface area (Å²) in [5, 5.41) is 3.11. The van der Waals surface area contributed by atoms with E-state index in [1.807, 2.05) is 38.1 Å².